The lowest BCUT2D eigenvalue weighted by molar-refractivity contribution is 0.159. The number of hydrogen-bond donors (Lipinski definition) is 1. The second-order valence-electron chi connectivity index (χ2n) is 0.610. The van der Waals surface area contributed by atoms with E-state index in [1.807, 2.05) is 0 Å². The van der Waals surface area contributed by atoms with Crippen LogP contribution in [-0.2, 0) is 4.84 Å². The molecule has 0 aromatic rings. The van der Waals surface area contributed by atoms with Crippen LogP contribution in [0.2, 0.25) is 0 Å². The first-order valence-corrected chi connectivity index (χ1v) is 2.59. The molecule has 0 spiro atoms. The lowest BCUT2D eigenvalue weighted by Gasteiger charge is -1.82. The third-order valence-electron chi connectivity index (χ3n) is 0.255. The van der Waals surface area contributed by atoms with Crippen LogP contribution in [0.3, 0.4) is 0 Å². The van der Waals surface area contributed by atoms with Crippen LogP contribution < -0.4 is 5.90 Å². The van der Waals surface area contributed by atoms with Crippen molar-refractivity contribution in [1.82, 2.24) is 0 Å². The van der Waals surface area contributed by atoms with E-state index in [2.05, 4.69) is 15.7 Å². The van der Waals surface area contributed by atoms with Crippen molar-refractivity contribution in [2.24, 2.45) is 10.9 Å². The third kappa shape index (κ3) is 3.67. The van der Waals surface area contributed by atoms with Crippen LogP contribution in [0, 0.1) is 0 Å². The first-order chi connectivity index (χ1) is 3.31. The van der Waals surface area contributed by atoms with Crippen molar-refractivity contribution < 1.29 is 9.63 Å². The van der Waals surface area contributed by atoms with Crippen LogP contribution in [0.25, 0.3) is 0 Å². The molecule has 0 bridgehead atoms. The van der Waals surface area contributed by atoms with Crippen molar-refractivity contribution in [3.63, 3.8) is 0 Å². The van der Waals surface area contributed by atoms with Crippen molar-refractivity contribution >= 4 is 32.9 Å². The quantitative estimate of drug-likeness (QED) is 0.362. The molecule has 0 heterocycles. The molecule has 0 aliphatic carbocycles. The second-order valence-corrected chi connectivity index (χ2v) is 1.17. The van der Waals surface area contributed by atoms with Gasteiger partial charge in [-0.2, -0.15) is 10.9 Å². The number of rotatable bonds is 0. The number of nitrogens with two attached hydrogens (primary N) is 1. The standard InChI is InChI=1S/C2H3IN2O2/c3-1-5-2(6)7-4/h1H,4H2/b5-1-. The number of amides is 1. The maximum atomic E-state index is 9.86. The summed E-state index contributed by atoms with van der Waals surface area (Å²) in [5, 5.41) is 0. The molecular weight excluding hydrogens is 211 g/mol. The van der Waals surface area contributed by atoms with Gasteiger partial charge < -0.3 is 4.84 Å². The van der Waals surface area contributed by atoms with Gasteiger partial charge in [0.1, 0.15) is 0 Å². The van der Waals surface area contributed by atoms with Gasteiger partial charge in [-0.3, -0.25) is 0 Å². The highest BCUT2D eigenvalue weighted by Gasteiger charge is 1.87. The maximum absolute atomic E-state index is 9.86. The Morgan fingerprint density at radius 3 is 2.71 bits per heavy atom. The molecule has 2 N–H and O–H groups in total. The topological polar surface area (TPSA) is 64.7 Å². The molecule has 5 heteroatoms. The summed E-state index contributed by atoms with van der Waals surface area (Å²) in [5.41, 5.74) is 0. The van der Waals surface area contributed by atoms with Crippen molar-refractivity contribution in [3.8, 4) is 0 Å². The van der Waals surface area contributed by atoms with Gasteiger partial charge in [0, 0.05) is 0 Å². The van der Waals surface area contributed by atoms with Gasteiger partial charge >= 0.3 is 6.09 Å². The van der Waals surface area contributed by atoms with Crippen molar-refractivity contribution in [3.05, 3.63) is 0 Å². The molecule has 0 radical (unpaired) electrons. The van der Waals surface area contributed by atoms with E-state index in [0.29, 0.717) is 0 Å². The molecule has 0 rings (SSSR count). The molecule has 0 aromatic carbocycles. The molecule has 4 nitrogen and oxygen atoms in total. The van der Waals surface area contributed by atoms with Gasteiger partial charge in [-0.15, -0.1) is 0 Å². The van der Waals surface area contributed by atoms with E-state index in [9.17, 15) is 4.79 Å². The Morgan fingerprint density at radius 1 is 2.00 bits per heavy atom. The van der Waals surface area contributed by atoms with E-state index in [0.717, 1.165) is 0 Å². The van der Waals surface area contributed by atoms with E-state index in [1.54, 1.807) is 22.6 Å². The van der Waals surface area contributed by atoms with Crippen LogP contribution >= 0.6 is 22.6 Å². The van der Waals surface area contributed by atoms with Gasteiger partial charge in [0.2, 0.25) is 0 Å². The fourth-order valence-electron chi connectivity index (χ4n) is 0.0703. The molecule has 40 valence electrons. The van der Waals surface area contributed by atoms with Gasteiger partial charge in [0.05, 0.1) is 4.22 Å². The molecule has 0 aromatic heterocycles. The predicted octanol–water partition coefficient (Wildman–Crippen LogP) is 0.460. The highest BCUT2D eigenvalue weighted by Crippen LogP contribution is 1.77. The number of hydrogen-bond acceptors (Lipinski definition) is 3. The van der Waals surface area contributed by atoms with Gasteiger partial charge in [-0.1, -0.05) is 0 Å². The zero-order valence-corrected chi connectivity index (χ0v) is 5.45. The Labute approximate surface area is 53.8 Å². The average Bonchev–Trinajstić information content (AvgIpc) is 1.68. The largest absolute Gasteiger partial charge is 0.452 e. The molecule has 0 atom stereocenters. The zero-order valence-electron chi connectivity index (χ0n) is 3.30. The minimum atomic E-state index is -0.783. The predicted molar refractivity (Wildman–Crippen MR) is 33.2 cm³/mol. The Morgan fingerprint density at radius 2 is 2.57 bits per heavy atom. The van der Waals surface area contributed by atoms with Crippen LogP contribution in [-0.4, -0.2) is 10.3 Å². The summed E-state index contributed by atoms with van der Waals surface area (Å²) in [5.74, 6) is 4.39. The monoisotopic (exact) mass is 214 g/mol. The molecule has 0 unspecified atom stereocenters. The summed E-state index contributed by atoms with van der Waals surface area (Å²) in [4.78, 5) is 16.6. The summed E-state index contributed by atoms with van der Waals surface area (Å²) in [6, 6.07) is 0. The van der Waals surface area contributed by atoms with E-state index in [-0.39, 0.29) is 0 Å². The fraction of sp³-hybridized carbons (Fsp3) is 0. The summed E-state index contributed by atoms with van der Waals surface area (Å²) >= 11 is 1.78. The highest BCUT2D eigenvalue weighted by atomic mass is 127. The molecule has 0 aliphatic rings. The number of nitrogens with zero attached hydrogens (tertiary/aromatic N) is 1. The van der Waals surface area contributed by atoms with Gasteiger partial charge in [0.25, 0.3) is 0 Å². The number of aliphatic imine (C=N–C) groups is 1. The molecule has 1 amide bonds. The van der Waals surface area contributed by atoms with Gasteiger partial charge in [-0.25, -0.2) is 4.79 Å². The normalized spacial score (nSPS) is 9.43. The zero-order chi connectivity index (χ0) is 5.70. The summed E-state index contributed by atoms with van der Waals surface area (Å²) in [6.45, 7) is 0. The highest BCUT2D eigenvalue weighted by molar-refractivity contribution is 14.1. The molecular formula is C2H3IN2O2. The average molecular weight is 214 g/mol. The van der Waals surface area contributed by atoms with Crippen LogP contribution in [0.5, 0.6) is 0 Å². The first-order valence-electron chi connectivity index (χ1n) is 1.34. The maximum Gasteiger partial charge on any atom is 0.452 e. The first kappa shape index (κ1) is 6.83. The van der Waals surface area contributed by atoms with E-state index in [1.165, 1.54) is 4.22 Å². The Bertz CT molecular complexity index is 91.7. The van der Waals surface area contributed by atoms with Crippen molar-refractivity contribution in [2.45, 2.75) is 0 Å². The van der Waals surface area contributed by atoms with Crippen LogP contribution in [0.1, 0.15) is 0 Å². The molecule has 0 saturated heterocycles. The van der Waals surface area contributed by atoms with E-state index in [4.69, 9.17) is 0 Å². The fourth-order valence-corrected chi connectivity index (χ4v) is 0.298. The SMILES string of the molecule is NOC(=O)/N=C\I. The van der Waals surface area contributed by atoms with E-state index < -0.39 is 6.09 Å². The van der Waals surface area contributed by atoms with Crippen LogP contribution in [0.4, 0.5) is 4.79 Å². The smallest absolute Gasteiger partial charge is 0.355 e. The summed E-state index contributed by atoms with van der Waals surface area (Å²) < 4.78 is 1.27. The van der Waals surface area contributed by atoms with Gasteiger partial charge in [0.15, 0.2) is 0 Å². The number of carbonyl (C=O) groups excluding carboxylic acids is 1. The molecule has 0 aliphatic heterocycles. The van der Waals surface area contributed by atoms with Crippen molar-refractivity contribution in [2.75, 3.05) is 0 Å². The summed E-state index contributed by atoms with van der Waals surface area (Å²) in [7, 11) is 0. The van der Waals surface area contributed by atoms with Crippen LogP contribution in [0.15, 0.2) is 4.99 Å². The van der Waals surface area contributed by atoms with Gasteiger partial charge in [-0.05, 0) is 22.6 Å². The minimum absolute atomic E-state index is 0.783. The Balaban J connectivity index is 3.37. The third-order valence-corrected chi connectivity index (χ3v) is 0.534. The Hall–Kier alpha value is -0.170. The number of halogens is 1. The summed E-state index contributed by atoms with van der Waals surface area (Å²) in [6.07, 6.45) is -0.783. The van der Waals surface area contributed by atoms with E-state index >= 15 is 0 Å². The van der Waals surface area contributed by atoms with Crippen molar-refractivity contribution in [1.29, 1.82) is 0 Å². The molecule has 0 fully saturated rings. The number of carbonyl (C=O) groups is 1. The minimum Gasteiger partial charge on any atom is -0.355 e. The Kier molecular flexibility index (Phi) is 3.90. The lowest BCUT2D eigenvalue weighted by Crippen LogP contribution is -2.03. The molecule has 0 saturated carbocycles. The lowest BCUT2D eigenvalue weighted by atomic mass is 11.2. The second kappa shape index (κ2) is 4.00. The molecule has 7 heavy (non-hydrogen) atoms.